The van der Waals surface area contributed by atoms with Crippen molar-refractivity contribution in [1.29, 1.82) is 0 Å². The molecule has 8 heteroatoms. The van der Waals surface area contributed by atoms with Crippen LogP contribution in [-0.2, 0) is 19.1 Å². The van der Waals surface area contributed by atoms with E-state index in [4.69, 9.17) is 14.6 Å². The van der Waals surface area contributed by atoms with Gasteiger partial charge in [0.1, 0.15) is 6.17 Å². The lowest BCUT2D eigenvalue weighted by Crippen LogP contribution is -2.30. The summed E-state index contributed by atoms with van der Waals surface area (Å²) in [5, 5.41) is 19.6. The number of ether oxygens (including phenoxy) is 2. The van der Waals surface area contributed by atoms with Crippen LogP contribution in [0.15, 0.2) is 12.2 Å². The molecule has 0 radical (unpaired) electrons. The van der Waals surface area contributed by atoms with Crippen molar-refractivity contribution in [2.75, 3.05) is 7.11 Å². The maximum Gasteiger partial charge on any atom is 0.309 e. The first kappa shape index (κ1) is 26.5. The summed E-state index contributed by atoms with van der Waals surface area (Å²) in [6, 6.07) is 0. The number of halogens is 2. The van der Waals surface area contributed by atoms with E-state index in [1.54, 1.807) is 6.92 Å². The lowest BCUT2D eigenvalue weighted by molar-refractivity contribution is -0.147. The second-order valence-electron chi connectivity index (χ2n) is 8.93. The number of rotatable bonds is 12. The van der Waals surface area contributed by atoms with Gasteiger partial charge in [0, 0.05) is 0 Å². The molecule has 1 heterocycles. The van der Waals surface area contributed by atoms with Crippen molar-refractivity contribution in [2.45, 2.75) is 87.2 Å². The Hall–Kier alpha value is -0.740. The monoisotopic (exact) mass is 554 g/mol. The van der Waals surface area contributed by atoms with Crippen LogP contribution in [-0.4, -0.2) is 57.7 Å². The molecular formula is C23H36FIO6. The fourth-order valence-corrected chi connectivity index (χ4v) is 5.31. The van der Waals surface area contributed by atoms with Gasteiger partial charge in [0.05, 0.1) is 41.2 Å². The van der Waals surface area contributed by atoms with Crippen molar-refractivity contribution >= 4 is 34.5 Å². The summed E-state index contributed by atoms with van der Waals surface area (Å²) in [6.07, 6.45) is 5.79. The van der Waals surface area contributed by atoms with E-state index in [1.165, 1.54) is 7.11 Å². The number of allylic oxidation sites excluding steroid dienone is 2. The number of carboxylic acids is 1. The van der Waals surface area contributed by atoms with Gasteiger partial charge in [-0.2, -0.15) is 0 Å². The molecule has 1 saturated heterocycles. The maximum atomic E-state index is 14.4. The average Bonchev–Trinajstić information content (AvgIpc) is 3.31. The lowest BCUT2D eigenvalue weighted by atomic mass is 9.84. The molecule has 9 atom stereocenters. The summed E-state index contributed by atoms with van der Waals surface area (Å²) in [4.78, 5) is 23.3. The minimum absolute atomic E-state index is 0.0502. The van der Waals surface area contributed by atoms with Gasteiger partial charge < -0.3 is 19.7 Å². The zero-order valence-electron chi connectivity index (χ0n) is 18.6. The number of aliphatic hydroxyl groups excluding tert-OH is 1. The Labute approximate surface area is 198 Å². The number of hydrogen-bond donors (Lipinski definition) is 2. The highest BCUT2D eigenvalue weighted by atomic mass is 127. The molecule has 0 amide bonds. The van der Waals surface area contributed by atoms with Crippen LogP contribution in [0.5, 0.6) is 0 Å². The van der Waals surface area contributed by atoms with Crippen molar-refractivity contribution < 1.29 is 33.7 Å². The number of aliphatic hydroxyl groups is 1. The topological polar surface area (TPSA) is 93.1 Å². The quantitative estimate of drug-likeness (QED) is 0.162. The van der Waals surface area contributed by atoms with E-state index >= 15 is 0 Å². The molecule has 2 fully saturated rings. The van der Waals surface area contributed by atoms with Gasteiger partial charge in [-0.1, -0.05) is 61.4 Å². The van der Waals surface area contributed by atoms with Gasteiger partial charge in [0.25, 0.3) is 0 Å². The summed E-state index contributed by atoms with van der Waals surface area (Å²) < 4.78 is 25.2. The number of carbonyl (C=O) groups excluding carboxylic acids is 1. The summed E-state index contributed by atoms with van der Waals surface area (Å²) >= 11 is 2.11. The van der Waals surface area contributed by atoms with E-state index in [9.17, 15) is 19.1 Å². The van der Waals surface area contributed by atoms with Gasteiger partial charge >= 0.3 is 11.9 Å². The summed E-state index contributed by atoms with van der Waals surface area (Å²) in [6.45, 7) is 3.66. The van der Waals surface area contributed by atoms with E-state index in [2.05, 4.69) is 22.6 Å². The second kappa shape index (κ2) is 12.5. The summed E-state index contributed by atoms with van der Waals surface area (Å²) in [7, 11) is 1.37. The molecule has 0 aromatic rings. The van der Waals surface area contributed by atoms with Gasteiger partial charge in [-0.05, 0) is 43.9 Å². The third kappa shape index (κ3) is 7.12. The number of hydrogen-bond acceptors (Lipinski definition) is 5. The maximum absolute atomic E-state index is 14.4. The van der Waals surface area contributed by atoms with E-state index in [0.29, 0.717) is 32.1 Å². The molecular weight excluding hydrogens is 518 g/mol. The van der Waals surface area contributed by atoms with Gasteiger partial charge in [0.15, 0.2) is 0 Å². The minimum Gasteiger partial charge on any atom is -0.481 e. The van der Waals surface area contributed by atoms with Gasteiger partial charge in [-0.15, -0.1) is 0 Å². The zero-order valence-corrected chi connectivity index (χ0v) is 20.7. The number of carboxylic acid groups (broad SMARTS) is 1. The SMILES string of the molecule is CCCC[C@@H](F)[C@H](I)C=C[C@@H]1[C@H]2C[C@@H]([C@@H](O)CCC(C)C(=O)O)O[C@H]2C[C@H]1C(=O)OC. The number of esters is 1. The molecule has 2 N–H and O–H groups in total. The Morgan fingerprint density at radius 1 is 1.29 bits per heavy atom. The van der Waals surface area contributed by atoms with Crippen molar-refractivity contribution in [2.24, 2.45) is 23.7 Å². The van der Waals surface area contributed by atoms with Crippen molar-refractivity contribution in [3.8, 4) is 0 Å². The predicted octanol–water partition coefficient (Wildman–Crippen LogP) is 4.32. The van der Waals surface area contributed by atoms with Crippen LogP contribution >= 0.6 is 22.6 Å². The lowest BCUT2D eigenvalue weighted by Gasteiger charge is -2.23. The van der Waals surface area contributed by atoms with Crippen LogP contribution in [0, 0.1) is 23.7 Å². The molecule has 1 aliphatic carbocycles. The smallest absolute Gasteiger partial charge is 0.309 e. The Kier molecular flexibility index (Phi) is 10.7. The molecule has 1 saturated carbocycles. The number of fused-ring (bicyclic) bond motifs is 1. The van der Waals surface area contributed by atoms with Crippen LogP contribution in [0.25, 0.3) is 0 Å². The zero-order chi connectivity index (χ0) is 23.1. The Morgan fingerprint density at radius 3 is 2.61 bits per heavy atom. The number of unbranched alkanes of at least 4 members (excludes halogenated alkanes) is 1. The first-order valence-electron chi connectivity index (χ1n) is 11.3. The van der Waals surface area contributed by atoms with Crippen LogP contribution < -0.4 is 0 Å². The first-order valence-corrected chi connectivity index (χ1v) is 12.5. The van der Waals surface area contributed by atoms with Gasteiger partial charge in [-0.25, -0.2) is 4.39 Å². The highest BCUT2D eigenvalue weighted by molar-refractivity contribution is 14.1. The molecule has 6 nitrogen and oxygen atoms in total. The average molecular weight is 554 g/mol. The van der Waals surface area contributed by atoms with Crippen molar-refractivity contribution in [1.82, 2.24) is 0 Å². The number of aliphatic carboxylic acids is 1. The normalized spacial score (nSPS) is 31.9. The van der Waals surface area contributed by atoms with Crippen LogP contribution in [0.4, 0.5) is 4.39 Å². The molecule has 2 rings (SSSR count). The number of methoxy groups -OCH3 is 1. The molecule has 0 bridgehead atoms. The molecule has 178 valence electrons. The minimum atomic E-state index is -0.920. The molecule has 1 aliphatic heterocycles. The number of alkyl halides is 2. The Morgan fingerprint density at radius 2 is 2.00 bits per heavy atom. The van der Waals surface area contributed by atoms with Gasteiger partial charge in [0.2, 0.25) is 0 Å². The molecule has 1 unspecified atom stereocenters. The third-order valence-electron chi connectivity index (χ3n) is 6.72. The molecule has 0 aromatic carbocycles. The molecule has 0 aromatic heterocycles. The van der Waals surface area contributed by atoms with Crippen molar-refractivity contribution in [3.63, 3.8) is 0 Å². The van der Waals surface area contributed by atoms with Crippen LogP contribution in [0.3, 0.4) is 0 Å². The van der Waals surface area contributed by atoms with Crippen LogP contribution in [0.1, 0.15) is 58.8 Å². The largest absolute Gasteiger partial charge is 0.481 e. The van der Waals surface area contributed by atoms with E-state index in [1.807, 2.05) is 19.1 Å². The van der Waals surface area contributed by atoms with Crippen LogP contribution in [0.2, 0.25) is 0 Å². The Balaban J connectivity index is 2.03. The standard InChI is InChI=1S/C23H36FIO6/c1-4-5-6-17(24)18(25)9-8-14-15-11-21(19(26)10-7-13(2)22(27)28)31-20(15)12-16(14)23(29)30-3/h8-9,13-21,26H,4-7,10-12H2,1-3H3,(H,27,28)/t13?,14-,15-,16-,17-,18-,19+,20+,21+/m1/s1. The summed E-state index contributed by atoms with van der Waals surface area (Å²) in [5.41, 5.74) is 0. The second-order valence-corrected chi connectivity index (χ2v) is 10.4. The fourth-order valence-electron chi connectivity index (χ4n) is 4.71. The first-order chi connectivity index (χ1) is 14.7. The predicted molar refractivity (Wildman–Crippen MR) is 124 cm³/mol. The fraction of sp³-hybridized carbons (Fsp3) is 0.826. The van der Waals surface area contributed by atoms with Gasteiger partial charge in [-0.3, -0.25) is 9.59 Å². The summed E-state index contributed by atoms with van der Waals surface area (Å²) in [5.74, 6) is -2.08. The molecule has 31 heavy (non-hydrogen) atoms. The third-order valence-corrected chi connectivity index (χ3v) is 7.92. The molecule has 2 aliphatic rings. The molecule has 0 spiro atoms. The number of carbonyl (C=O) groups is 2. The highest BCUT2D eigenvalue weighted by Crippen LogP contribution is 2.48. The van der Waals surface area contributed by atoms with E-state index in [-0.39, 0.29) is 39.9 Å². The van der Waals surface area contributed by atoms with E-state index in [0.717, 1.165) is 12.8 Å². The highest BCUT2D eigenvalue weighted by Gasteiger charge is 2.52. The Bertz CT molecular complexity index is 629. The van der Waals surface area contributed by atoms with E-state index < -0.39 is 24.2 Å². The van der Waals surface area contributed by atoms with Crippen molar-refractivity contribution in [3.05, 3.63) is 12.2 Å².